The lowest BCUT2D eigenvalue weighted by atomic mass is 9.65. The summed E-state index contributed by atoms with van der Waals surface area (Å²) >= 11 is 0. The van der Waals surface area contributed by atoms with Crippen LogP contribution >= 0.6 is 0 Å². The summed E-state index contributed by atoms with van der Waals surface area (Å²) in [5.74, 6) is -1.36. The second kappa shape index (κ2) is 5.58. The third kappa shape index (κ3) is 2.26. The first-order chi connectivity index (χ1) is 12.1. The van der Waals surface area contributed by atoms with Crippen molar-refractivity contribution in [3.8, 4) is 0 Å². The predicted octanol–water partition coefficient (Wildman–Crippen LogP) is -0.193. The maximum Gasteiger partial charge on any atom is 0.129 e. The van der Waals surface area contributed by atoms with E-state index < -0.39 is 18.0 Å². The zero-order valence-corrected chi connectivity index (χ0v) is 14.2. The molecule has 3 heterocycles. The topological polar surface area (TPSA) is 80.6 Å². The van der Waals surface area contributed by atoms with Crippen molar-refractivity contribution < 1.29 is 19.9 Å². The number of rotatable bonds is 1. The quantitative estimate of drug-likeness (QED) is 0.673. The number of nitrogens with one attached hydrogen (secondary N) is 2. The van der Waals surface area contributed by atoms with Crippen LogP contribution in [0.1, 0.15) is 36.6 Å². The number of aromatic amines is 1. The molecule has 1 saturated heterocycles. The Morgan fingerprint density at radius 1 is 1.28 bits per heavy atom. The van der Waals surface area contributed by atoms with Gasteiger partial charge in [-0.1, -0.05) is 18.2 Å². The summed E-state index contributed by atoms with van der Waals surface area (Å²) in [4.78, 5) is 16.9. The molecule has 3 N–H and O–H groups in total. The van der Waals surface area contributed by atoms with E-state index in [0.29, 0.717) is 18.4 Å². The lowest BCUT2D eigenvalue weighted by Gasteiger charge is -2.49. The van der Waals surface area contributed by atoms with Crippen LogP contribution in [0.2, 0.25) is 0 Å². The van der Waals surface area contributed by atoms with Gasteiger partial charge in [0.25, 0.3) is 0 Å². The summed E-state index contributed by atoms with van der Waals surface area (Å²) in [6, 6.07) is 8.73. The van der Waals surface area contributed by atoms with Crippen LogP contribution in [0.3, 0.4) is 0 Å². The molecule has 1 aromatic heterocycles. The number of carboxylic acid groups (broad SMARTS) is 1. The van der Waals surface area contributed by atoms with Crippen LogP contribution in [0, 0.1) is 17.8 Å². The minimum atomic E-state index is -1.07. The van der Waals surface area contributed by atoms with E-state index >= 15 is 0 Å². The number of hydrogen-bond acceptors (Lipinski definition) is 3. The summed E-state index contributed by atoms with van der Waals surface area (Å²) in [6.45, 7) is 2.13. The van der Waals surface area contributed by atoms with Crippen LogP contribution in [0.4, 0.5) is 0 Å². The van der Waals surface area contributed by atoms with E-state index in [9.17, 15) is 15.0 Å². The molecule has 1 unspecified atom stereocenters. The van der Waals surface area contributed by atoms with Crippen LogP contribution in [-0.2, 0) is 11.2 Å². The molecule has 0 amide bonds. The van der Waals surface area contributed by atoms with Crippen molar-refractivity contribution in [2.24, 2.45) is 17.8 Å². The van der Waals surface area contributed by atoms with Gasteiger partial charge in [-0.15, -0.1) is 0 Å². The lowest BCUT2D eigenvalue weighted by Crippen LogP contribution is -3.15. The number of carboxylic acids is 1. The lowest BCUT2D eigenvalue weighted by molar-refractivity contribution is -0.945. The number of aliphatic carboxylic acids is 1. The Morgan fingerprint density at radius 2 is 2.12 bits per heavy atom. The molecule has 6 atom stereocenters. The molecule has 0 bridgehead atoms. The Hall–Kier alpha value is -1.85. The minimum absolute atomic E-state index is 0.0277. The second-order valence-corrected chi connectivity index (χ2v) is 8.13. The first-order valence-electron chi connectivity index (χ1n) is 9.46. The van der Waals surface area contributed by atoms with Gasteiger partial charge in [-0.25, -0.2) is 0 Å². The number of aliphatic hydroxyl groups is 1. The number of benzene rings is 1. The number of H-pyrrole nitrogens is 1. The predicted molar refractivity (Wildman–Crippen MR) is 90.8 cm³/mol. The number of hydrogen-bond donors (Lipinski definition) is 3. The normalized spacial score (nSPS) is 37.2. The summed E-state index contributed by atoms with van der Waals surface area (Å²) in [6.07, 6.45) is 2.68. The summed E-state index contributed by atoms with van der Waals surface area (Å²) < 4.78 is 0. The average Bonchev–Trinajstić information content (AvgIpc) is 2.99. The number of aliphatic hydroxyl groups excluding tert-OH is 1. The molecule has 1 saturated carbocycles. The van der Waals surface area contributed by atoms with E-state index in [4.69, 9.17) is 0 Å². The molecule has 25 heavy (non-hydrogen) atoms. The van der Waals surface area contributed by atoms with E-state index in [-0.39, 0.29) is 5.92 Å². The first-order valence-corrected chi connectivity index (χ1v) is 9.46. The molecule has 0 radical (unpaired) electrons. The van der Waals surface area contributed by atoms with Crippen molar-refractivity contribution in [2.45, 2.75) is 37.8 Å². The fourth-order valence-corrected chi connectivity index (χ4v) is 5.87. The van der Waals surface area contributed by atoms with E-state index in [2.05, 4.69) is 29.2 Å². The molecule has 5 nitrogen and oxygen atoms in total. The summed E-state index contributed by atoms with van der Waals surface area (Å²) in [5, 5.41) is 23.2. The maximum atomic E-state index is 11.7. The van der Waals surface area contributed by atoms with E-state index in [1.807, 2.05) is 0 Å². The molecule has 0 spiro atoms. The summed E-state index contributed by atoms with van der Waals surface area (Å²) in [7, 11) is 0. The fourth-order valence-electron chi connectivity index (χ4n) is 5.87. The monoisotopic (exact) mass is 340 g/mol. The number of aromatic nitrogens is 1. The van der Waals surface area contributed by atoms with Crippen molar-refractivity contribution in [1.29, 1.82) is 0 Å². The highest BCUT2D eigenvalue weighted by atomic mass is 16.4. The van der Waals surface area contributed by atoms with Crippen molar-refractivity contribution >= 4 is 16.9 Å². The Kier molecular flexibility index (Phi) is 3.44. The van der Waals surface area contributed by atoms with Gasteiger partial charge >= 0.3 is 0 Å². The molecule has 2 aliphatic heterocycles. The Balaban J connectivity index is 1.54. The van der Waals surface area contributed by atoms with Crippen LogP contribution in [-0.4, -0.2) is 35.3 Å². The van der Waals surface area contributed by atoms with Gasteiger partial charge in [0, 0.05) is 41.5 Å². The molecule has 2 aromatic rings. The SMILES string of the molecule is O=C([O-])[C@@H]1[C@@H]2C[C@H]3c4[nH]c5ccccc5c4CC[NH+]3C[C@@H]2CC[C@@H]1O. The Bertz CT molecular complexity index is 829. The highest BCUT2D eigenvalue weighted by Crippen LogP contribution is 2.43. The number of quaternary nitrogens is 1. The van der Waals surface area contributed by atoms with E-state index in [1.165, 1.54) is 22.2 Å². The van der Waals surface area contributed by atoms with Crippen LogP contribution in [0.15, 0.2) is 24.3 Å². The van der Waals surface area contributed by atoms with Gasteiger partial charge in [-0.05, 0) is 30.4 Å². The van der Waals surface area contributed by atoms with E-state index in [0.717, 1.165) is 32.4 Å². The Labute approximate surface area is 146 Å². The van der Waals surface area contributed by atoms with Crippen molar-refractivity contribution in [3.05, 3.63) is 35.5 Å². The van der Waals surface area contributed by atoms with Crippen molar-refractivity contribution in [2.75, 3.05) is 13.1 Å². The van der Waals surface area contributed by atoms with Crippen LogP contribution in [0.5, 0.6) is 0 Å². The second-order valence-electron chi connectivity index (χ2n) is 8.13. The number of carbonyl (C=O) groups is 1. The Morgan fingerprint density at radius 3 is 2.96 bits per heavy atom. The first kappa shape index (κ1) is 15.4. The maximum absolute atomic E-state index is 11.7. The van der Waals surface area contributed by atoms with Crippen molar-refractivity contribution in [3.63, 3.8) is 0 Å². The molecule has 3 aliphatic rings. The molecule has 5 heteroatoms. The van der Waals surface area contributed by atoms with Gasteiger partial charge in [-0.2, -0.15) is 0 Å². The zero-order chi connectivity index (χ0) is 17.1. The average molecular weight is 340 g/mol. The van der Waals surface area contributed by atoms with Gasteiger partial charge < -0.3 is 24.9 Å². The number of para-hydroxylation sites is 1. The zero-order valence-electron chi connectivity index (χ0n) is 14.2. The summed E-state index contributed by atoms with van der Waals surface area (Å²) in [5.41, 5.74) is 3.87. The number of carbonyl (C=O) groups excluding carboxylic acids is 1. The smallest absolute Gasteiger partial charge is 0.129 e. The number of piperidine rings is 1. The molecule has 132 valence electrons. The van der Waals surface area contributed by atoms with Crippen molar-refractivity contribution in [1.82, 2.24) is 4.98 Å². The van der Waals surface area contributed by atoms with Crippen LogP contribution in [0.25, 0.3) is 10.9 Å². The third-order valence-corrected chi connectivity index (χ3v) is 7.00. The standard InChI is InChI=1S/C20H24N2O3/c23-17-6-5-11-10-22-8-7-13-12-3-1-2-4-15(12)21-19(13)16(22)9-14(11)18(17)20(24)25/h1-4,11,14,16-18,21,23H,5-10H2,(H,24,25)/t11-,14+,16-,17-,18+/m0/s1. The third-order valence-electron chi connectivity index (χ3n) is 7.00. The van der Waals surface area contributed by atoms with Gasteiger partial charge in [0.15, 0.2) is 0 Å². The fraction of sp³-hybridized carbons (Fsp3) is 0.550. The van der Waals surface area contributed by atoms with Gasteiger partial charge in [0.1, 0.15) is 6.04 Å². The molecule has 1 aliphatic carbocycles. The van der Waals surface area contributed by atoms with Gasteiger partial charge in [-0.3, -0.25) is 0 Å². The molecule has 2 fully saturated rings. The highest BCUT2D eigenvalue weighted by molar-refractivity contribution is 5.85. The minimum Gasteiger partial charge on any atom is -0.550 e. The molecular formula is C20H24N2O3. The largest absolute Gasteiger partial charge is 0.550 e. The molecular weight excluding hydrogens is 316 g/mol. The van der Waals surface area contributed by atoms with Gasteiger partial charge in [0.05, 0.1) is 24.9 Å². The van der Waals surface area contributed by atoms with Gasteiger partial charge in [0.2, 0.25) is 0 Å². The van der Waals surface area contributed by atoms with Crippen LogP contribution < -0.4 is 10.0 Å². The molecule has 1 aromatic carbocycles. The number of fused-ring (bicyclic) bond motifs is 6. The highest BCUT2D eigenvalue weighted by Gasteiger charge is 2.49. The molecule has 5 rings (SSSR count). The van der Waals surface area contributed by atoms with E-state index in [1.54, 1.807) is 4.90 Å².